The zero-order valence-corrected chi connectivity index (χ0v) is 9.03. The van der Waals surface area contributed by atoms with Gasteiger partial charge in [-0.2, -0.15) is 0 Å². The lowest BCUT2D eigenvalue weighted by Crippen LogP contribution is -2.54. The van der Waals surface area contributed by atoms with Crippen molar-refractivity contribution in [3.8, 4) is 0 Å². The van der Waals surface area contributed by atoms with Gasteiger partial charge in [-0.25, -0.2) is 4.39 Å². The minimum atomic E-state index is -1.12. The maximum atomic E-state index is 13.7. The van der Waals surface area contributed by atoms with Gasteiger partial charge < -0.3 is 10.8 Å². The van der Waals surface area contributed by atoms with Crippen LogP contribution in [0.3, 0.4) is 0 Å². The summed E-state index contributed by atoms with van der Waals surface area (Å²) in [6.45, 7) is 1.73. The summed E-state index contributed by atoms with van der Waals surface area (Å²) in [5.41, 5.74) is 5.50. The quantitative estimate of drug-likeness (QED) is 0.800. The smallest absolute Gasteiger partial charge is 0.314 e. The van der Waals surface area contributed by atoms with Crippen LogP contribution in [-0.4, -0.2) is 17.1 Å². The van der Waals surface area contributed by atoms with E-state index in [0.29, 0.717) is 24.0 Å². The second kappa shape index (κ2) is 3.56. The van der Waals surface area contributed by atoms with Gasteiger partial charge >= 0.3 is 5.97 Å². The molecule has 0 unspecified atom stereocenters. The van der Waals surface area contributed by atoms with Crippen LogP contribution in [0, 0.1) is 12.7 Å². The Morgan fingerprint density at radius 3 is 2.62 bits per heavy atom. The number of carboxylic acids is 1. The molecule has 3 N–H and O–H groups in total. The Kier molecular flexibility index (Phi) is 2.46. The van der Waals surface area contributed by atoms with Gasteiger partial charge in [-0.3, -0.25) is 4.79 Å². The molecule has 1 saturated carbocycles. The summed E-state index contributed by atoms with van der Waals surface area (Å²) >= 11 is 0. The van der Waals surface area contributed by atoms with Crippen molar-refractivity contribution in [1.82, 2.24) is 0 Å². The van der Waals surface area contributed by atoms with Crippen molar-refractivity contribution in [3.05, 3.63) is 35.1 Å². The molecule has 0 bridgehead atoms. The molecule has 1 fully saturated rings. The Hall–Kier alpha value is -1.42. The molecule has 4 heteroatoms. The van der Waals surface area contributed by atoms with Crippen LogP contribution in [0.25, 0.3) is 0 Å². The summed E-state index contributed by atoms with van der Waals surface area (Å²) in [6.07, 6.45) is 0.619. The van der Waals surface area contributed by atoms with Crippen molar-refractivity contribution in [2.45, 2.75) is 31.2 Å². The maximum Gasteiger partial charge on any atom is 0.314 e. The Bertz CT molecular complexity index is 418. The summed E-state index contributed by atoms with van der Waals surface area (Å²) in [5.74, 6) is -1.43. The van der Waals surface area contributed by atoms with Crippen LogP contribution < -0.4 is 5.73 Å². The van der Waals surface area contributed by atoms with Gasteiger partial charge in [0.25, 0.3) is 0 Å². The van der Waals surface area contributed by atoms with E-state index in [2.05, 4.69) is 0 Å². The Morgan fingerprint density at radius 2 is 2.19 bits per heavy atom. The van der Waals surface area contributed by atoms with Crippen molar-refractivity contribution in [1.29, 1.82) is 0 Å². The molecule has 1 aromatic carbocycles. The second-order valence-electron chi connectivity index (χ2n) is 4.49. The first kappa shape index (κ1) is 11.1. The number of nitrogens with two attached hydrogens (primary N) is 1. The monoisotopic (exact) mass is 223 g/mol. The molecule has 0 amide bonds. The Labute approximate surface area is 93.1 Å². The highest BCUT2D eigenvalue weighted by Gasteiger charge is 2.52. The van der Waals surface area contributed by atoms with Crippen LogP contribution in [0.5, 0.6) is 0 Å². The van der Waals surface area contributed by atoms with Crippen molar-refractivity contribution in [2.24, 2.45) is 5.73 Å². The zero-order valence-electron chi connectivity index (χ0n) is 9.03. The van der Waals surface area contributed by atoms with Crippen molar-refractivity contribution < 1.29 is 14.3 Å². The van der Waals surface area contributed by atoms with Gasteiger partial charge in [0.2, 0.25) is 0 Å². The first-order valence-electron chi connectivity index (χ1n) is 5.22. The third kappa shape index (κ3) is 1.41. The highest BCUT2D eigenvalue weighted by molar-refractivity contribution is 5.83. The van der Waals surface area contributed by atoms with Gasteiger partial charge in [0.1, 0.15) is 5.82 Å². The number of rotatable bonds is 2. The highest BCUT2D eigenvalue weighted by Crippen LogP contribution is 2.45. The zero-order chi connectivity index (χ0) is 11.9. The topological polar surface area (TPSA) is 63.3 Å². The summed E-state index contributed by atoms with van der Waals surface area (Å²) in [4.78, 5) is 11.3. The van der Waals surface area contributed by atoms with Gasteiger partial charge in [-0.15, -0.1) is 0 Å². The highest BCUT2D eigenvalue weighted by atomic mass is 19.1. The van der Waals surface area contributed by atoms with Gasteiger partial charge in [0.05, 0.1) is 5.41 Å². The minimum absolute atomic E-state index is 0.143. The molecule has 0 spiro atoms. The average Bonchev–Trinajstić information content (AvgIpc) is 2.13. The third-order valence-corrected chi connectivity index (χ3v) is 3.33. The van der Waals surface area contributed by atoms with E-state index in [1.165, 1.54) is 6.07 Å². The summed E-state index contributed by atoms with van der Waals surface area (Å²) < 4.78 is 13.7. The van der Waals surface area contributed by atoms with Crippen LogP contribution in [0.15, 0.2) is 18.2 Å². The van der Waals surface area contributed by atoms with Crippen molar-refractivity contribution in [3.63, 3.8) is 0 Å². The maximum absolute atomic E-state index is 13.7. The fourth-order valence-corrected chi connectivity index (χ4v) is 2.56. The molecular formula is C12H14FNO2. The Morgan fingerprint density at radius 1 is 1.56 bits per heavy atom. The van der Waals surface area contributed by atoms with E-state index in [-0.39, 0.29) is 6.04 Å². The predicted octanol–water partition coefficient (Wildman–Crippen LogP) is 1.58. The van der Waals surface area contributed by atoms with Crippen LogP contribution >= 0.6 is 0 Å². The summed E-state index contributed by atoms with van der Waals surface area (Å²) in [5, 5.41) is 9.28. The largest absolute Gasteiger partial charge is 0.481 e. The molecule has 16 heavy (non-hydrogen) atoms. The van der Waals surface area contributed by atoms with Crippen LogP contribution in [0.1, 0.15) is 24.0 Å². The fraction of sp³-hybridized carbons (Fsp3) is 0.417. The SMILES string of the molecule is Cc1cccc(F)c1C1(C(=O)O)CC(N)C1. The van der Waals surface area contributed by atoms with E-state index < -0.39 is 17.2 Å². The van der Waals surface area contributed by atoms with Crippen molar-refractivity contribution in [2.75, 3.05) is 0 Å². The standard InChI is InChI=1S/C12H14FNO2/c1-7-3-2-4-9(13)10(7)12(11(15)16)5-8(14)6-12/h2-4,8H,5-6,14H2,1H3,(H,15,16). The van der Waals surface area contributed by atoms with E-state index in [4.69, 9.17) is 5.73 Å². The van der Waals surface area contributed by atoms with Crippen LogP contribution in [-0.2, 0) is 10.2 Å². The molecule has 0 atom stereocenters. The van der Waals surface area contributed by atoms with Crippen LogP contribution in [0.2, 0.25) is 0 Å². The lowest BCUT2D eigenvalue weighted by Gasteiger charge is -2.43. The molecule has 0 radical (unpaired) electrons. The summed E-state index contributed by atoms with van der Waals surface area (Å²) in [7, 11) is 0. The Balaban J connectivity index is 2.53. The second-order valence-corrected chi connectivity index (χ2v) is 4.49. The van der Waals surface area contributed by atoms with Crippen molar-refractivity contribution >= 4 is 5.97 Å². The summed E-state index contributed by atoms with van der Waals surface area (Å²) in [6, 6.07) is 4.47. The van der Waals surface area contributed by atoms with E-state index in [1.54, 1.807) is 19.1 Å². The van der Waals surface area contributed by atoms with Crippen LogP contribution in [0.4, 0.5) is 4.39 Å². The number of aliphatic carboxylic acids is 1. The molecule has 1 aromatic rings. The number of carbonyl (C=O) groups is 1. The molecule has 2 rings (SSSR count). The fourth-order valence-electron chi connectivity index (χ4n) is 2.56. The van der Waals surface area contributed by atoms with E-state index in [0.717, 1.165) is 0 Å². The lowest BCUT2D eigenvalue weighted by molar-refractivity contribution is -0.148. The number of hydrogen-bond donors (Lipinski definition) is 2. The normalized spacial score (nSPS) is 28.6. The first-order valence-corrected chi connectivity index (χ1v) is 5.22. The first-order chi connectivity index (χ1) is 7.47. The average molecular weight is 223 g/mol. The number of hydrogen-bond acceptors (Lipinski definition) is 2. The molecule has 0 aromatic heterocycles. The van der Waals surface area contributed by atoms with Gasteiger partial charge in [0.15, 0.2) is 0 Å². The molecule has 3 nitrogen and oxygen atoms in total. The molecule has 1 aliphatic carbocycles. The van der Waals surface area contributed by atoms with Gasteiger partial charge in [0, 0.05) is 11.6 Å². The molecule has 1 aliphatic rings. The number of halogens is 1. The molecule has 86 valence electrons. The third-order valence-electron chi connectivity index (χ3n) is 3.33. The van der Waals surface area contributed by atoms with Gasteiger partial charge in [-0.1, -0.05) is 12.1 Å². The van der Waals surface area contributed by atoms with E-state index >= 15 is 0 Å². The van der Waals surface area contributed by atoms with E-state index in [1.807, 2.05) is 0 Å². The predicted molar refractivity (Wildman–Crippen MR) is 57.7 cm³/mol. The number of carboxylic acid groups (broad SMARTS) is 1. The van der Waals surface area contributed by atoms with Gasteiger partial charge in [-0.05, 0) is 31.4 Å². The lowest BCUT2D eigenvalue weighted by atomic mass is 9.61. The van der Waals surface area contributed by atoms with E-state index in [9.17, 15) is 14.3 Å². The number of benzene rings is 1. The molecule has 0 heterocycles. The minimum Gasteiger partial charge on any atom is -0.481 e. The molecular weight excluding hydrogens is 209 g/mol. The number of aryl methyl sites for hydroxylation is 1. The molecule has 0 saturated heterocycles. The molecule has 0 aliphatic heterocycles.